The minimum atomic E-state index is -0.484. The van der Waals surface area contributed by atoms with Gasteiger partial charge in [-0.25, -0.2) is 0 Å². The van der Waals surface area contributed by atoms with Gasteiger partial charge in [0.15, 0.2) is 0 Å². The van der Waals surface area contributed by atoms with E-state index >= 15 is 0 Å². The van der Waals surface area contributed by atoms with E-state index in [0.29, 0.717) is 23.5 Å². The van der Waals surface area contributed by atoms with Crippen molar-refractivity contribution in [1.82, 2.24) is 9.88 Å². The van der Waals surface area contributed by atoms with Gasteiger partial charge in [-0.05, 0) is 29.6 Å². The molecule has 7 nitrogen and oxygen atoms in total. The number of amides is 1. The van der Waals surface area contributed by atoms with Crippen LogP contribution in [0.5, 0.6) is 0 Å². The summed E-state index contributed by atoms with van der Waals surface area (Å²) in [6.07, 6.45) is 1.16. The van der Waals surface area contributed by atoms with Gasteiger partial charge in [0.25, 0.3) is 11.6 Å². The van der Waals surface area contributed by atoms with Crippen molar-refractivity contribution in [3.63, 3.8) is 0 Å². The molecule has 1 N–H and O–H groups in total. The summed E-state index contributed by atoms with van der Waals surface area (Å²) in [5.41, 5.74) is 1.73. The number of fused-ring (bicyclic) bond motifs is 1. The van der Waals surface area contributed by atoms with E-state index < -0.39 is 11.1 Å². The number of rotatable bonds is 5. The van der Waals surface area contributed by atoms with Crippen LogP contribution < -0.4 is 5.32 Å². The van der Waals surface area contributed by atoms with Gasteiger partial charge in [0.1, 0.15) is 6.17 Å². The lowest BCUT2D eigenvalue weighted by Crippen LogP contribution is -2.31. The van der Waals surface area contributed by atoms with Crippen LogP contribution in [0.1, 0.15) is 27.1 Å². The fourth-order valence-electron chi connectivity index (χ4n) is 2.98. The smallest absolute Gasteiger partial charge is 0.271 e. The quantitative estimate of drug-likeness (QED) is 0.548. The van der Waals surface area contributed by atoms with Crippen molar-refractivity contribution in [2.75, 3.05) is 5.32 Å². The molecule has 0 unspecified atom stereocenters. The largest absolute Gasteiger partial charge is 0.360 e. The molecule has 130 valence electrons. The number of nitro groups is 1. The highest BCUT2D eigenvalue weighted by Crippen LogP contribution is 2.35. The number of hydrogen-bond donors (Lipinski definition) is 1. The summed E-state index contributed by atoms with van der Waals surface area (Å²) in [7, 11) is 0. The Hall–Kier alpha value is -3.26. The van der Waals surface area contributed by atoms with E-state index in [4.69, 9.17) is 0 Å². The van der Waals surface area contributed by atoms with Gasteiger partial charge in [-0.2, -0.15) is 0 Å². The van der Waals surface area contributed by atoms with Crippen LogP contribution in [0, 0.1) is 10.1 Å². The molecule has 1 aromatic carbocycles. The van der Waals surface area contributed by atoms with Crippen LogP contribution in [0.15, 0.2) is 60.1 Å². The first-order valence-electron chi connectivity index (χ1n) is 7.93. The summed E-state index contributed by atoms with van der Waals surface area (Å²) in [4.78, 5) is 30.5. The zero-order valence-corrected chi connectivity index (χ0v) is 14.3. The third kappa shape index (κ3) is 2.91. The predicted molar refractivity (Wildman–Crippen MR) is 97.9 cm³/mol. The zero-order chi connectivity index (χ0) is 18.1. The Labute approximate surface area is 153 Å². The van der Waals surface area contributed by atoms with Crippen molar-refractivity contribution in [1.29, 1.82) is 0 Å². The van der Waals surface area contributed by atoms with E-state index in [1.165, 1.54) is 12.1 Å². The number of nitro benzene ring substituents is 1. The average Bonchev–Trinajstić information content (AvgIpc) is 3.25. The summed E-state index contributed by atoms with van der Waals surface area (Å²) < 4.78 is 0. The Kier molecular flexibility index (Phi) is 4.10. The predicted octanol–water partition coefficient (Wildman–Crippen LogP) is 3.82. The number of non-ortho nitro benzene ring substituents is 1. The Morgan fingerprint density at radius 1 is 1.23 bits per heavy atom. The number of benzene rings is 1. The molecule has 0 saturated heterocycles. The number of carbonyl (C=O) groups is 1. The molecule has 1 aliphatic heterocycles. The van der Waals surface area contributed by atoms with E-state index in [1.54, 1.807) is 46.7 Å². The lowest BCUT2D eigenvalue weighted by molar-refractivity contribution is -0.384. The number of anilines is 1. The topological polar surface area (TPSA) is 88.4 Å². The van der Waals surface area contributed by atoms with E-state index in [9.17, 15) is 14.9 Å². The molecule has 2 aromatic heterocycles. The van der Waals surface area contributed by atoms with Crippen LogP contribution in [0.3, 0.4) is 0 Å². The molecule has 26 heavy (non-hydrogen) atoms. The monoisotopic (exact) mass is 366 g/mol. The normalized spacial score (nSPS) is 15.8. The molecule has 0 bridgehead atoms. The molecule has 3 aromatic rings. The molecule has 0 spiro atoms. The van der Waals surface area contributed by atoms with Crippen molar-refractivity contribution in [3.8, 4) is 0 Å². The number of aromatic nitrogens is 1. The molecular formula is C18H14N4O3S. The highest BCUT2D eigenvalue weighted by atomic mass is 32.1. The summed E-state index contributed by atoms with van der Waals surface area (Å²) in [5, 5.41) is 16.2. The Bertz CT molecular complexity index is 974. The minimum absolute atomic E-state index is 0.00891. The molecule has 1 atom stereocenters. The zero-order valence-electron chi connectivity index (χ0n) is 13.5. The lowest BCUT2D eigenvalue weighted by atomic mass is 10.2. The van der Waals surface area contributed by atoms with Crippen LogP contribution in [0.25, 0.3) is 0 Å². The summed E-state index contributed by atoms with van der Waals surface area (Å²) >= 11 is 1.57. The van der Waals surface area contributed by atoms with Gasteiger partial charge in [0, 0.05) is 28.9 Å². The van der Waals surface area contributed by atoms with Crippen molar-refractivity contribution < 1.29 is 9.72 Å². The van der Waals surface area contributed by atoms with Crippen molar-refractivity contribution >= 4 is 28.6 Å². The second-order valence-corrected chi connectivity index (χ2v) is 6.84. The van der Waals surface area contributed by atoms with E-state index in [2.05, 4.69) is 10.3 Å². The van der Waals surface area contributed by atoms with Crippen LogP contribution in [0.4, 0.5) is 11.4 Å². The first kappa shape index (κ1) is 16.2. The van der Waals surface area contributed by atoms with E-state index in [-0.39, 0.29) is 11.6 Å². The van der Waals surface area contributed by atoms with E-state index in [1.807, 2.05) is 17.5 Å². The number of nitrogens with one attached hydrogen (secondary N) is 1. The van der Waals surface area contributed by atoms with Gasteiger partial charge >= 0.3 is 0 Å². The molecule has 0 fully saturated rings. The molecule has 0 saturated carbocycles. The maximum atomic E-state index is 12.8. The average molecular weight is 366 g/mol. The van der Waals surface area contributed by atoms with Crippen LogP contribution in [0.2, 0.25) is 0 Å². The summed E-state index contributed by atoms with van der Waals surface area (Å²) in [6, 6.07) is 13.6. The van der Waals surface area contributed by atoms with Crippen LogP contribution >= 0.6 is 11.3 Å². The lowest BCUT2D eigenvalue weighted by Gasteiger charge is -2.26. The molecule has 1 aliphatic rings. The van der Waals surface area contributed by atoms with Gasteiger partial charge in [-0.1, -0.05) is 12.1 Å². The Morgan fingerprint density at radius 3 is 2.88 bits per heavy atom. The molecule has 8 heteroatoms. The second kappa shape index (κ2) is 6.57. The first-order chi connectivity index (χ1) is 12.6. The van der Waals surface area contributed by atoms with Gasteiger partial charge in [-0.3, -0.25) is 19.9 Å². The van der Waals surface area contributed by atoms with Gasteiger partial charge in [0.05, 0.1) is 22.7 Å². The number of thiophene rings is 1. The van der Waals surface area contributed by atoms with Crippen LogP contribution in [-0.2, 0) is 6.54 Å². The fourth-order valence-corrected chi connectivity index (χ4v) is 3.69. The van der Waals surface area contributed by atoms with Gasteiger partial charge in [-0.15, -0.1) is 11.3 Å². The van der Waals surface area contributed by atoms with Gasteiger partial charge < -0.3 is 10.2 Å². The number of nitrogens with zero attached hydrogens (tertiary/aromatic N) is 3. The molecule has 0 aliphatic carbocycles. The third-order valence-corrected chi connectivity index (χ3v) is 5.03. The van der Waals surface area contributed by atoms with Crippen molar-refractivity contribution in [2.24, 2.45) is 0 Å². The number of hydrogen-bond acceptors (Lipinski definition) is 6. The van der Waals surface area contributed by atoms with E-state index in [0.717, 1.165) is 4.88 Å². The Balaban J connectivity index is 1.69. The maximum absolute atomic E-state index is 12.8. The Morgan fingerprint density at radius 2 is 2.12 bits per heavy atom. The minimum Gasteiger partial charge on any atom is -0.360 e. The first-order valence-corrected chi connectivity index (χ1v) is 8.81. The summed E-state index contributed by atoms with van der Waals surface area (Å²) in [5.74, 6) is -0.107. The highest BCUT2D eigenvalue weighted by molar-refractivity contribution is 7.09. The number of carbonyl (C=O) groups excluding carboxylic acids is 1. The fraction of sp³-hybridized carbons (Fsp3) is 0.111. The maximum Gasteiger partial charge on any atom is 0.271 e. The van der Waals surface area contributed by atoms with Gasteiger partial charge in [0.2, 0.25) is 0 Å². The highest BCUT2D eigenvalue weighted by Gasteiger charge is 2.38. The van der Waals surface area contributed by atoms with Crippen LogP contribution in [-0.4, -0.2) is 20.7 Å². The SMILES string of the molecule is O=C1c2cccnc2[C@@H](Nc2cccc([N+](=O)[O-])c2)N1Cc1cccs1. The standard InChI is InChI=1S/C18H14N4O3S/c23-18-15-7-2-8-19-16(15)17(21(18)11-14-6-3-9-26-14)20-12-4-1-5-13(10-12)22(24)25/h1-10,17,20H,11H2/t17-/m0/s1. The summed E-state index contributed by atoms with van der Waals surface area (Å²) in [6.45, 7) is 0.444. The molecule has 4 rings (SSSR count). The molecule has 1 amide bonds. The van der Waals surface area contributed by atoms with Crippen molar-refractivity contribution in [2.45, 2.75) is 12.7 Å². The van der Waals surface area contributed by atoms with Crippen molar-refractivity contribution in [3.05, 3.63) is 86.4 Å². The number of pyridine rings is 1. The molecule has 0 radical (unpaired) electrons. The second-order valence-electron chi connectivity index (χ2n) is 5.80. The molecule has 3 heterocycles. The third-order valence-electron chi connectivity index (χ3n) is 4.17. The molecular weight excluding hydrogens is 352 g/mol.